The molecule has 1 saturated heterocycles. The molecule has 7 nitrogen and oxygen atoms in total. The van der Waals surface area contributed by atoms with Crippen molar-refractivity contribution in [3.63, 3.8) is 0 Å². The van der Waals surface area contributed by atoms with Gasteiger partial charge < -0.3 is 15.0 Å². The molecular formula is C25H28N4O3. The molecule has 0 unspecified atom stereocenters. The number of benzene rings is 2. The first-order valence-corrected chi connectivity index (χ1v) is 11.0. The van der Waals surface area contributed by atoms with E-state index in [4.69, 9.17) is 4.74 Å². The highest BCUT2D eigenvalue weighted by molar-refractivity contribution is 5.94. The summed E-state index contributed by atoms with van der Waals surface area (Å²) in [6.07, 6.45) is 5.47. The normalized spacial score (nSPS) is 14.2. The summed E-state index contributed by atoms with van der Waals surface area (Å²) < 4.78 is 7.22. The van der Waals surface area contributed by atoms with Crippen LogP contribution in [0.5, 0.6) is 5.75 Å². The van der Waals surface area contributed by atoms with E-state index in [-0.39, 0.29) is 17.9 Å². The van der Waals surface area contributed by atoms with Crippen LogP contribution in [0.4, 0.5) is 0 Å². The molecule has 166 valence electrons. The van der Waals surface area contributed by atoms with Gasteiger partial charge in [-0.05, 0) is 67.8 Å². The van der Waals surface area contributed by atoms with Gasteiger partial charge in [0, 0.05) is 37.1 Å². The first kappa shape index (κ1) is 21.6. The van der Waals surface area contributed by atoms with Crippen LogP contribution in [0.1, 0.15) is 35.7 Å². The number of likely N-dealkylation sites (tertiary alicyclic amines) is 1. The molecule has 1 aromatic heterocycles. The first-order chi connectivity index (χ1) is 15.6. The van der Waals surface area contributed by atoms with Crippen LogP contribution in [0, 0.1) is 0 Å². The summed E-state index contributed by atoms with van der Waals surface area (Å²) in [5.41, 5.74) is 2.58. The molecule has 4 rings (SSSR count). The number of hydrogen-bond donors (Lipinski definition) is 1. The molecule has 0 saturated carbocycles. The minimum Gasteiger partial charge on any atom is -0.494 e. The minimum absolute atomic E-state index is 0.00753. The molecule has 2 heterocycles. The third-order valence-corrected chi connectivity index (χ3v) is 5.63. The molecule has 0 spiro atoms. The largest absolute Gasteiger partial charge is 0.494 e. The third kappa shape index (κ3) is 5.35. The molecule has 32 heavy (non-hydrogen) atoms. The average molecular weight is 433 g/mol. The minimum atomic E-state index is 0.00753. The number of nitrogens with zero attached hydrogens (tertiary/aromatic N) is 3. The van der Waals surface area contributed by atoms with Gasteiger partial charge in [0.1, 0.15) is 5.75 Å². The summed E-state index contributed by atoms with van der Waals surface area (Å²) in [6.45, 7) is 3.80. The van der Waals surface area contributed by atoms with Crippen molar-refractivity contribution in [3.8, 4) is 11.4 Å². The topological polar surface area (TPSA) is 76.5 Å². The van der Waals surface area contributed by atoms with Crippen molar-refractivity contribution in [1.82, 2.24) is 20.0 Å². The average Bonchev–Trinajstić information content (AvgIpc) is 3.35. The molecule has 1 aliphatic rings. The highest BCUT2D eigenvalue weighted by Gasteiger charge is 2.24. The Kier molecular flexibility index (Phi) is 6.84. The number of amides is 2. The monoisotopic (exact) mass is 432 g/mol. The number of aromatic nitrogens is 2. The predicted octanol–water partition coefficient (Wildman–Crippen LogP) is 3.23. The zero-order valence-corrected chi connectivity index (χ0v) is 18.2. The standard InChI is InChI=1S/C25H28N4O3/c1-2-32-23-10-6-20(7-11-23)25(31)28-16-12-21(13-17-28)27-24(30)18-19-4-8-22(9-5-19)29-15-3-14-26-29/h3-11,14-15,21H,2,12-13,16-18H2,1H3,(H,27,30). The van der Waals surface area contributed by atoms with Gasteiger partial charge in [0.15, 0.2) is 0 Å². The molecule has 3 aromatic rings. The van der Waals surface area contributed by atoms with Gasteiger partial charge >= 0.3 is 0 Å². The van der Waals surface area contributed by atoms with Crippen molar-refractivity contribution >= 4 is 11.8 Å². The van der Waals surface area contributed by atoms with E-state index >= 15 is 0 Å². The van der Waals surface area contributed by atoms with Gasteiger partial charge in [-0.2, -0.15) is 5.10 Å². The maximum atomic E-state index is 12.7. The SMILES string of the molecule is CCOc1ccc(C(=O)N2CCC(NC(=O)Cc3ccc(-n4cccn4)cc3)CC2)cc1. The van der Waals surface area contributed by atoms with Gasteiger partial charge in [-0.1, -0.05) is 12.1 Å². The van der Waals surface area contributed by atoms with E-state index in [0.717, 1.165) is 29.8 Å². The Morgan fingerprint density at radius 2 is 1.78 bits per heavy atom. The molecule has 0 radical (unpaired) electrons. The van der Waals surface area contributed by atoms with E-state index in [1.165, 1.54) is 0 Å². The highest BCUT2D eigenvalue weighted by Crippen LogP contribution is 2.17. The van der Waals surface area contributed by atoms with Crippen LogP contribution in [0.15, 0.2) is 67.0 Å². The Labute approximate surface area is 188 Å². The van der Waals surface area contributed by atoms with Crippen molar-refractivity contribution in [2.24, 2.45) is 0 Å². The predicted molar refractivity (Wildman–Crippen MR) is 122 cm³/mol. The molecule has 0 aliphatic carbocycles. The molecule has 2 amide bonds. The Balaban J connectivity index is 1.23. The molecule has 1 N–H and O–H groups in total. The van der Waals surface area contributed by atoms with Crippen LogP contribution >= 0.6 is 0 Å². The number of rotatable bonds is 7. The zero-order chi connectivity index (χ0) is 22.3. The lowest BCUT2D eigenvalue weighted by Crippen LogP contribution is -2.46. The van der Waals surface area contributed by atoms with Crippen molar-refractivity contribution in [2.75, 3.05) is 19.7 Å². The lowest BCUT2D eigenvalue weighted by atomic mass is 10.0. The summed E-state index contributed by atoms with van der Waals surface area (Å²) in [6, 6.07) is 17.0. The lowest BCUT2D eigenvalue weighted by Gasteiger charge is -2.32. The summed E-state index contributed by atoms with van der Waals surface area (Å²) >= 11 is 0. The fourth-order valence-electron chi connectivity index (χ4n) is 3.92. The smallest absolute Gasteiger partial charge is 0.253 e. The van der Waals surface area contributed by atoms with E-state index in [9.17, 15) is 9.59 Å². The number of ether oxygens (including phenoxy) is 1. The molecule has 0 atom stereocenters. The number of nitrogens with one attached hydrogen (secondary N) is 1. The quantitative estimate of drug-likeness (QED) is 0.622. The summed E-state index contributed by atoms with van der Waals surface area (Å²) in [7, 11) is 0. The van der Waals surface area contributed by atoms with E-state index in [2.05, 4.69) is 10.4 Å². The second kappa shape index (κ2) is 10.1. The fraction of sp³-hybridized carbons (Fsp3) is 0.320. The second-order valence-electron chi connectivity index (χ2n) is 7.89. The van der Waals surface area contributed by atoms with Crippen molar-refractivity contribution in [2.45, 2.75) is 32.2 Å². The molecule has 7 heteroatoms. The van der Waals surface area contributed by atoms with Gasteiger partial charge in [0.25, 0.3) is 5.91 Å². The maximum Gasteiger partial charge on any atom is 0.253 e. The zero-order valence-electron chi connectivity index (χ0n) is 18.2. The van der Waals surface area contributed by atoms with Crippen molar-refractivity contribution < 1.29 is 14.3 Å². The van der Waals surface area contributed by atoms with Crippen LogP contribution in [-0.2, 0) is 11.2 Å². The van der Waals surface area contributed by atoms with Crippen molar-refractivity contribution in [3.05, 3.63) is 78.1 Å². The van der Waals surface area contributed by atoms with Gasteiger partial charge in [-0.3, -0.25) is 9.59 Å². The van der Waals surface area contributed by atoms with Gasteiger partial charge in [-0.25, -0.2) is 4.68 Å². The van der Waals surface area contributed by atoms with E-state index in [0.29, 0.717) is 31.7 Å². The first-order valence-electron chi connectivity index (χ1n) is 11.0. The highest BCUT2D eigenvalue weighted by atomic mass is 16.5. The van der Waals surface area contributed by atoms with Crippen LogP contribution in [0.3, 0.4) is 0 Å². The van der Waals surface area contributed by atoms with Crippen molar-refractivity contribution in [1.29, 1.82) is 0 Å². The van der Waals surface area contributed by atoms with Crippen LogP contribution in [-0.4, -0.2) is 52.2 Å². The Morgan fingerprint density at radius 1 is 1.06 bits per heavy atom. The van der Waals surface area contributed by atoms with Crippen LogP contribution in [0.2, 0.25) is 0 Å². The van der Waals surface area contributed by atoms with Gasteiger partial charge in [-0.15, -0.1) is 0 Å². The fourth-order valence-corrected chi connectivity index (χ4v) is 3.92. The maximum absolute atomic E-state index is 12.7. The Bertz CT molecular complexity index is 1020. The Morgan fingerprint density at radius 3 is 2.41 bits per heavy atom. The summed E-state index contributed by atoms with van der Waals surface area (Å²) in [5, 5.41) is 7.33. The van der Waals surface area contributed by atoms with E-state index < -0.39 is 0 Å². The summed E-state index contributed by atoms with van der Waals surface area (Å²) in [4.78, 5) is 27.1. The van der Waals surface area contributed by atoms with Crippen LogP contribution in [0.25, 0.3) is 5.69 Å². The molecule has 1 fully saturated rings. The second-order valence-corrected chi connectivity index (χ2v) is 7.89. The van der Waals surface area contributed by atoms with Gasteiger partial charge in [0.05, 0.1) is 18.7 Å². The Hall–Kier alpha value is -3.61. The lowest BCUT2D eigenvalue weighted by molar-refractivity contribution is -0.121. The molecular weight excluding hydrogens is 404 g/mol. The third-order valence-electron chi connectivity index (χ3n) is 5.63. The number of piperidine rings is 1. The van der Waals surface area contributed by atoms with E-state index in [1.54, 1.807) is 23.0 Å². The molecule has 0 bridgehead atoms. The number of carbonyl (C=O) groups excluding carboxylic acids is 2. The number of carbonyl (C=O) groups is 2. The van der Waals surface area contributed by atoms with E-state index in [1.807, 2.05) is 60.5 Å². The molecule has 1 aliphatic heterocycles. The van der Waals surface area contributed by atoms with Gasteiger partial charge in [0.2, 0.25) is 5.91 Å². The number of hydrogen-bond acceptors (Lipinski definition) is 4. The summed E-state index contributed by atoms with van der Waals surface area (Å²) in [5.74, 6) is 0.796. The van der Waals surface area contributed by atoms with Crippen LogP contribution < -0.4 is 10.1 Å². The molecule has 2 aromatic carbocycles.